The molecular formula is C24H50N2O6. The van der Waals surface area contributed by atoms with Crippen molar-refractivity contribution in [2.45, 2.75) is 72.6 Å². The van der Waals surface area contributed by atoms with E-state index in [9.17, 15) is 9.59 Å². The molecule has 2 amide bonds. The van der Waals surface area contributed by atoms with Crippen molar-refractivity contribution >= 4 is 11.8 Å². The van der Waals surface area contributed by atoms with Gasteiger partial charge in [-0.15, -0.1) is 0 Å². The lowest BCUT2D eigenvalue weighted by Gasteiger charge is -2.10. The van der Waals surface area contributed by atoms with E-state index in [0.717, 1.165) is 58.1 Å². The first kappa shape index (κ1) is 33.0. The lowest BCUT2D eigenvalue weighted by molar-refractivity contribution is -0.125. The van der Waals surface area contributed by atoms with Crippen LogP contribution in [0.2, 0.25) is 0 Å². The third kappa shape index (κ3) is 25.0. The topological polar surface area (TPSA) is 95.1 Å². The molecule has 0 aromatic heterocycles. The number of hydrogen-bond donors (Lipinski definition) is 2. The maximum Gasteiger partial charge on any atom is 0.245 e. The third-order valence-corrected chi connectivity index (χ3v) is 4.63. The van der Waals surface area contributed by atoms with E-state index < -0.39 is 0 Å². The summed E-state index contributed by atoms with van der Waals surface area (Å²) in [6.07, 6.45) is 6.86. The number of amides is 2. The summed E-state index contributed by atoms with van der Waals surface area (Å²) in [5, 5.41) is 5.76. The smallest absolute Gasteiger partial charge is 0.245 e. The molecule has 0 aliphatic heterocycles. The molecule has 192 valence electrons. The van der Waals surface area contributed by atoms with Gasteiger partial charge in [0.15, 0.2) is 0 Å². The summed E-state index contributed by atoms with van der Waals surface area (Å²) >= 11 is 0. The van der Waals surface area contributed by atoms with Crippen LogP contribution in [0.1, 0.15) is 72.6 Å². The van der Waals surface area contributed by atoms with Gasteiger partial charge in [0.25, 0.3) is 0 Å². The zero-order chi connectivity index (χ0) is 24.3. The van der Waals surface area contributed by atoms with Crippen LogP contribution in [-0.4, -0.2) is 78.3 Å². The molecule has 0 rings (SSSR count). The van der Waals surface area contributed by atoms with E-state index >= 15 is 0 Å². The van der Waals surface area contributed by atoms with Gasteiger partial charge >= 0.3 is 0 Å². The van der Waals surface area contributed by atoms with Crippen molar-refractivity contribution in [3.63, 3.8) is 0 Å². The van der Waals surface area contributed by atoms with Gasteiger partial charge in [0.05, 0.1) is 26.4 Å². The Labute approximate surface area is 196 Å². The number of hydrogen-bond acceptors (Lipinski definition) is 6. The van der Waals surface area contributed by atoms with E-state index in [-0.39, 0.29) is 24.3 Å². The molecular weight excluding hydrogens is 412 g/mol. The van der Waals surface area contributed by atoms with Gasteiger partial charge in [-0.1, -0.05) is 27.7 Å². The Morgan fingerprint density at radius 3 is 1.66 bits per heavy atom. The lowest BCUT2D eigenvalue weighted by Crippen LogP contribution is -2.29. The Morgan fingerprint density at radius 2 is 1.19 bits per heavy atom. The van der Waals surface area contributed by atoms with Crippen LogP contribution in [0.5, 0.6) is 0 Å². The molecule has 8 heteroatoms. The monoisotopic (exact) mass is 462 g/mol. The van der Waals surface area contributed by atoms with Crippen LogP contribution in [-0.2, 0) is 28.5 Å². The van der Waals surface area contributed by atoms with E-state index in [1.165, 1.54) is 7.11 Å². The van der Waals surface area contributed by atoms with Gasteiger partial charge in [-0.05, 0) is 44.9 Å². The molecule has 2 N–H and O–H groups in total. The quantitative estimate of drug-likeness (QED) is 0.240. The van der Waals surface area contributed by atoms with Crippen LogP contribution in [0.15, 0.2) is 0 Å². The molecule has 0 bridgehead atoms. The SMILES string of the molecule is CC.CCC(C)C(=O)NCCCCCOCCOCCOCCCCCNC(=O)COC. The minimum Gasteiger partial charge on any atom is -0.379 e. The highest BCUT2D eigenvalue weighted by molar-refractivity contribution is 5.78. The van der Waals surface area contributed by atoms with Crippen molar-refractivity contribution in [2.24, 2.45) is 5.92 Å². The maximum atomic E-state index is 11.6. The first-order valence-electron chi connectivity index (χ1n) is 12.4. The summed E-state index contributed by atoms with van der Waals surface area (Å²) in [5.41, 5.74) is 0. The zero-order valence-corrected chi connectivity index (χ0v) is 21.3. The minimum absolute atomic E-state index is 0.0719. The molecule has 32 heavy (non-hydrogen) atoms. The first-order valence-corrected chi connectivity index (χ1v) is 12.4. The standard InChI is InChI=1S/C22H44N2O6.C2H6/c1-4-20(2)22(26)24-12-8-6-10-14-29-16-18-30-17-15-28-13-9-5-7-11-23-21(25)19-27-3;1-2/h20H,4-19H2,1-3H3,(H,23,25)(H,24,26);1-2H3. The maximum absolute atomic E-state index is 11.6. The highest BCUT2D eigenvalue weighted by atomic mass is 16.5. The van der Waals surface area contributed by atoms with Gasteiger partial charge < -0.3 is 29.6 Å². The molecule has 0 aromatic rings. The number of carbonyl (C=O) groups excluding carboxylic acids is 2. The fourth-order valence-corrected chi connectivity index (χ4v) is 2.53. The summed E-state index contributed by atoms with van der Waals surface area (Å²) in [7, 11) is 1.51. The molecule has 1 atom stereocenters. The van der Waals surface area contributed by atoms with Crippen LogP contribution in [0.3, 0.4) is 0 Å². The summed E-state index contributed by atoms with van der Waals surface area (Å²) in [6, 6.07) is 0. The number of unbranched alkanes of at least 4 members (excludes halogenated alkanes) is 4. The van der Waals surface area contributed by atoms with Gasteiger partial charge in [0, 0.05) is 39.3 Å². The number of carbonyl (C=O) groups is 2. The van der Waals surface area contributed by atoms with Crippen LogP contribution in [0.4, 0.5) is 0 Å². The third-order valence-electron chi connectivity index (χ3n) is 4.63. The molecule has 0 saturated carbocycles. The summed E-state index contributed by atoms with van der Waals surface area (Å²) < 4.78 is 21.3. The molecule has 0 fully saturated rings. The van der Waals surface area contributed by atoms with Crippen LogP contribution in [0.25, 0.3) is 0 Å². The van der Waals surface area contributed by atoms with Gasteiger partial charge in [-0.2, -0.15) is 0 Å². The van der Waals surface area contributed by atoms with Crippen molar-refractivity contribution < 1.29 is 28.5 Å². The van der Waals surface area contributed by atoms with E-state index in [4.69, 9.17) is 18.9 Å². The molecule has 1 unspecified atom stereocenters. The number of methoxy groups -OCH3 is 1. The average Bonchev–Trinajstić information content (AvgIpc) is 2.81. The van der Waals surface area contributed by atoms with Gasteiger partial charge in [-0.25, -0.2) is 0 Å². The minimum atomic E-state index is -0.0719. The Balaban J connectivity index is 0. The summed E-state index contributed by atoms with van der Waals surface area (Å²) in [5.74, 6) is 0.182. The molecule has 8 nitrogen and oxygen atoms in total. The Hall–Kier alpha value is -1.22. The van der Waals surface area contributed by atoms with E-state index in [1.807, 2.05) is 27.7 Å². The van der Waals surface area contributed by atoms with Crippen LogP contribution in [0, 0.1) is 5.92 Å². The van der Waals surface area contributed by atoms with Crippen molar-refractivity contribution in [1.82, 2.24) is 10.6 Å². The fourth-order valence-electron chi connectivity index (χ4n) is 2.53. The summed E-state index contributed by atoms with van der Waals surface area (Å²) in [4.78, 5) is 22.8. The molecule has 0 aliphatic rings. The zero-order valence-electron chi connectivity index (χ0n) is 21.3. The predicted molar refractivity (Wildman–Crippen MR) is 129 cm³/mol. The molecule has 0 radical (unpaired) electrons. The molecule has 0 aliphatic carbocycles. The largest absolute Gasteiger partial charge is 0.379 e. The average molecular weight is 463 g/mol. The number of rotatable bonds is 22. The second kappa shape index (κ2) is 27.8. The van der Waals surface area contributed by atoms with Gasteiger partial charge in [0.1, 0.15) is 6.61 Å². The predicted octanol–water partition coefficient (Wildman–Crippen LogP) is 3.33. The molecule has 0 heterocycles. The molecule has 0 spiro atoms. The highest BCUT2D eigenvalue weighted by Crippen LogP contribution is 2.00. The fraction of sp³-hybridized carbons (Fsp3) is 0.917. The second-order valence-electron chi connectivity index (χ2n) is 7.34. The van der Waals surface area contributed by atoms with Crippen LogP contribution >= 0.6 is 0 Å². The first-order chi connectivity index (χ1) is 15.6. The second-order valence-corrected chi connectivity index (χ2v) is 7.34. The highest BCUT2D eigenvalue weighted by Gasteiger charge is 2.08. The van der Waals surface area contributed by atoms with E-state index in [2.05, 4.69) is 10.6 Å². The van der Waals surface area contributed by atoms with Crippen molar-refractivity contribution in [3.05, 3.63) is 0 Å². The van der Waals surface area contributed by atoms with Gasteiger partial charge in [0.2, 0.25) is 11.8 Å². The van der Waals surface area contributed by atoms with Crippen molar-refractivity contribution in [3.8, 4) is 0 Å². The van der Waals surface area contributed by atoms with Crippen molar-refractivity contribution in [1.29, 1.82) is 0 Å². The number of nitrogens with one attached hydrogen (secondary N) is 2. The Morgan fingerprint density at radius 1 is 0.719 bits per heavy atom. The Bertz CT molecular complexity index is 410. The lowest BCUT2D eigenvalue weighted by atomic mass is 10.1. The normalized spacial score (nSPS) is 11.4. The molecule has 0 aromatic carbocycles. The van der Waals surface area contributed by atoms with Crippen LogP contribution < -0.4 is 10.6 Å². The Kier molecular flexibility index (Phi) is 28.6. The van der Waals surface area contributed by atoms with Crippen molar-refractivity contribution in [2.75, 3.05) is 66.4 Å². The molecule has 0 saturated heterocycles. The van der Waals surface area contributed by atoms with Gasteiger partial charge in [-0.3, -0.25) is 9.59 Å². The van der Waals surface area contributed by atoms with E-state index in [0.29, 0.717) is 39.6 Å². The summed E-state index contributed by atoms with van der Waals surface area (Å²) in [6.45, 7) is 13.3. The number of ether oxygens (including phenoxy) is 4. The van der Waals surface area contributed by atoms with E-state index in [1.54, 1.807) is 0 Å².